The minimum absolute atomic E-state index is 0.415. The molecule has 8 rings (SSSR count). The summed E-state index contributed by atoms with van der Waals surface area (Å²) in [6.07, 6.45) is 0. The predicted octanol–water partition coefficient (Wildman–Crippen LogP) is 10.1. The lowest BCUT2D eigenvalue weighted by Crippen LogP contribution is -2.41. The van der Waals surface area contributed by atoms with Crippen LogP contribution < -0.4 is 10.4 Å². The van der Waals surface area contributed by atoms with Crippen molar-refractivity contribution in [2.45, 2.75) is 52.7 Å². The van der Waals surface area contributed by atoms with Crippen LogP contribution in [0.3, 0.4) is 0 Å². The Bertz CT molecular complexity index is 1980. The van der Waals surface area contributed by atoms with Crippen LogP contribution >= 0.6 is 0 Å². The molecular formula is C40H39BN2O2. The molecule has 1 fully saturated rings. The van der Waals surface area contributed by atoms with E-state index in [4.69, 9.17) is 9.31 Å². The Morgan fingerprint density at radius 2 is 1.07 bits per heavy atom. The first kappa shape index (κ1) is 29.2. The van der Waals surface area contributed by atoms with E-state index in [9.17, 15) is 0 Å². The monoisotopic (exact) mass is 590 g/mol. The van der Waals surface area contributed by atoms with Crippen molar-refractivity contribution in [3.63, 3.8) is 0 Å². The number of nitrogens with zero attached hydrogens (tertiary/aromatic N) is 2. The Balaban J connectivity index is 0.00000160. The van der Waals surface area contributed by atoms with Crippen LogP contribution in [0, 0.1) is 0 Å². The third-order valence-electron chi connectivity index (χ3n) is 9.36. The van der Waals surface area contributed by atoms with E-state index in [1.807, 2.05) is 13.8 Å². The van der Waals surface area contributed by atoms with Crippen LogP contribution in [0.25, 0.3) is 39.0 Å². The summed E-state index contributed by atoms with van der Waals surface area (Å²) in [5.74, 6) is 0. The molecule has 45 heavy (non-hydrogen) atoms. The molecule has 0 saturated carbocycles. The molecule has 5 aromatic carbocycles. The highest BCUT2D eigenvalue weighted by Crippen LogP contribution is 2.54. The molecular weight excluding hydrogens is 551 g/mol. The molecule has 6 aromatic rings. The predicted molar refractivity (Wildman–Crippen MR) is 189 cm³/mol. The molecule has 5 heteroatoms. The number of hydrogen-bond acceptors (Lipinski definition) is 3. The average Bonchev–Trinajstić information content (AvgIpc) is 3.47. The molecule has 0 amide bonds. The van der Waals surface area contributed by atoms with Crippen LogP contribution in [0.5, 0.6) is 0 Å². The normalized spacial score (nSPS) is 15.9. The topological polar surface area (TPSA) is 26.6 Å². The van der Waals surface area contributed by atoms with Crippen LogP contribution in [-0.4, -0.2) is 22.9 Å². The first-order chi connectivity index (χ1) is 21.8. The number of para-hydroxylation sites is 4. The summed E-state index contributed by atoms with van der Waals surface area (Å²) in [5, 5.41) is 1.17. The third-order valence-corrected chi connectivity index (χ3v) is 9.36. The van der Waals surface area contributed by atoms with Gasteiger partial charge < -0.3 is 18.8 Å². The largest absolute Gasteiger partial charge is 0.494 e. The van der Waals surface area contributed by atoms with Gasteiger partial charge in [0.15, 0.2) is 0 Å². The van der Waals surface area contributed by atoms with E-state index in [-0.39, 0.29) is 0 Å². The summed E-state index contributed by atoms with van der Waals surface area (Å²) < 4.78 is 15.5. The maximum Gasteiger partial charge on any atom is 0.494 e. The first-order valence-corrected chi connectivity index (χ1v) is 16.0. The van der Waals surface area contributed by atoms with Gasteiger partial charge in [-0.25, -0.2) is 0 Å². The maximum atomic E-state index is 6.52. The van der Waals surface area contributed by atoms with Crippen molar-refractivity contribution in [3.05, 3.63) is 127 Å². The van der Waals surface area contributed by atoms with Crippen molar-refractivity contribution in [1.29, 1.82) is 0 Å². The zero-order valence-corrected chi connectivity index (χ0v) is 26.9. The van der Waals surface area contributed by atoms with Crippen molar-refractivity contribution in [2.75, 3.05) is 4.90 Å². The molecule has 0 bridgehead atoms. The van der Waals surface area contributed by atoms with Crippen LogP contribution in [0.15, 0.2) is 127 Å². The van der Waals surface area contributed by atoms with Crippen molar-refractivity contribution in [2.24, 2.45) is 0 Å². The molecule has 3 heterocycles. The summed E-state index contributed by atoms with van der Waals surface area (Å²) in [6, 6.07) is 45.5. The number of rotatable bonds is 3. The van der Waals surface area contributed by atoms with Crippen LogP contribution in [0.2, 0.25) is 0 Å². The van der Waals surface area contributed by atoms with Gasteiger partial charge in [-0.15, -0.1) is 0 Å². The van der Waals surface area contributed by atoms with Gasteiger partial charge in [0.2, 0.25) is 0 Å². The van der Waals surface area contributed by atoms with E-state index in [1.165, 1.54) is 27.8 Å². The minimum atomic E-state index is -0.445. The van der Waals surface area contributed by atoms with E-state index < -0.39 is 18.3 Å². The third kappa shape index (κ3) is 4.61. The molecule has 0 unspecified atom stereocenters. The molecule has 1 saturated heterocycles. The Hall–Kier alpha value is -4.58. The van der Waals surface area contributed by atoms with E-state index >= 15 is 0 Å². The van der Waals surface area contributed by atoms with Crippen molar-refractivity contribution in [3.8, 4) is 28.1 Å². The molecule has 224 valence electrons. The maximum absolute atomic E-state index is 6.52. The second-order valence-electron chi connectivity index (χ2n) is 12.5. The van der Waals surface area contributed by atoms with Gasteiger partial charge >= 0.3 is 7.12 Å². The van der Waals surface area contributed by atoms with Crippen LogP contribution in [-0.2, 0) is 9.31 Å². The minimum Gasteiger partial charge on any atom is -0.399 e. The standard InChI is InChI=1S/C38H33BN2O2.C2H6/c1-37(2)38(3,4)43-39(42-37)26-23-24-34-31(25-26)35-29-19-11-13-21-32(29)40(27-15-7-5-8-16-27)33-22-14-12-20-30(33)36(35)41(34)28-17-9-6-10-18-28;1-2/h5-25H,1-4H3;1-2H3. The zero-order chi connectivity index (χ0) is 31.3. The fourth-order valence-electron chi connectivity index (χ4n) is 6.54. The van der Waals surface area contributed by atoms with E-state index in [2.05, 4.69) is 165 Å². The molecule has 0 spiro atoms. The lowest BCUT2D eigenvalue weighted by Gasteiger charge is -2.32. The van der Waals surface area contributed by atoms with Crippen molar-refractivity contribution in [1.82, 2.24) is 4.57 Å². The first-order valence-electron chi connectivity index (χ1n) is 16.0. The number of hydrogen-bond donors (Lipinski definition) is 0. The second-order valence-corrected chi connectivity index (χ2v) is 12.5. The Labute approximate surface area is 267 Å². The van der Waals surface area contributed by atoms with Gasteiger partial charge in [-0.1, -0.05) is 98.8 Å². The summed E-state index contributed by atoms with van der Waals surface area (Å²) in [7, 11) is -0.445. The van der Waals surface area contributed by atoms with E-state index in [0.717, 1.165) is 33.7 Å². The van der Waals surface area contributed by atoms with E-state index in [0.29, 0.717) is 0 Å². The highest BCUT2D eigenvalue weighted by atomic mass is 16.7. The van der Waals surface area contributed by atoms with Gasteiger partial charge in [0.25, 0.3) is 0 Å². The molecule has 0 atom stereocenters. The fraction of sp³-hybridized carbons (Fsp3) is 0.200. The second kappa shape index (κ2) is 11.1. The Kier molecular flexibility index (Phi) is 7.19. The number of benzene rings is 5. The zero-order valence-electron chi connectivity index (χ0n) is 26.9. The Morgan fingerprint density at radius 3 is 1.69 bits per heavy atom. The van der Waals surface area contributed by atoms with Crippen LogP contribution in [0.1, 0.15) is 41.5 Å². The average molecular weight is 591 g/mol. The Morgan fingerprint density at radius 1 is 0.556 bits per heavy atom. The SMILES string of the molecule is CC.CC1(C)OB(c2ccc3c(c2)c2c(n3-c3ccccc3)-c3ccccc3N(c3ccccc3)c3ccccc3-2)OC1(C)C. The van der Waals surface area contributed by atoms with Gasteiger partial charge in [-0.05, 0) is 75.6 Å². The molecule has 1 aromatic heterocycles. The summed E-state index contributed by atoms with van der Waals surface area (Å²) in [4.78, 5) is 2.39. The molecule has 0 aliphatic carbocycles. The number of aromatic nitrogens is 1. The van der Waals surface area contributed by atoms with Gasteiger partial charge in [-0.3, -0.25) is 0 Å². The lowest BCUT2D eigenvalue weighted by molar-refractivity contribution is 0.00578. The number of fused-ring (bicyclic) bond motifs is 7. The fourth-order valence-corrected chi connectivity index (χ4v) is 6.54. The highest BCUT2D eigenvalue weighted by molar-refractivity contribution is 6.62. The van der Waals surface area contributed by atoms with Gasteiger partial charge in [0.1, 0.15) is 0 Å². The van der Waals surface area contributed by atoms with Crippen molar-refractivity contribution < 1.29 is 9.31 Å². The summed E-state index contributed by atoms with van der Waals surface area (Å²) >= 11 is 0. The van der Waals surface area contributed by atoms with E-state index in [1.54, 1.807) is 0 Å². The molecule has 0 N–H and O–H groups in total. The quantitative estimate of drug-likeness (QED) is 0.192. The summed E-state index contributed by atoms with van der Waals surface area (Å²) in [5.41, 5.74) is 10.6. The van der Waals surface area contributed by atoms with Gasteiger partial charge in [0, 0.05) is 33.5 Å². The highest BCUT2D eigenvalue weighted by Gasteiger charge is 2.51. The molecule has 2 aliphatic rings. The smallest absolute Gasteiger partial charge is 0.399 e. The van der Waals surface area contributed by atoms with Crippen molar-refractivity contribution >= 4 is 40.5 Å². The lowest BCUT2D eigenvalue weighted by atomic mass is 9.78. The number of anilines is 3. The van der Waals surface area contributed by atoms with Gasteiger partial charge in [0.05, 0.1) is 33.8 Å². The molecule has 4 nitrogen and oxygen atoms in total. The van der Waals surface area contributed by atoms with Crippen LogP contribution in [0.4, 0.5) is 17.1 Å². The van der Waals surface area contributed by atoms with Gasteiger partial charge in [-0.2, -0.15) is 0 Å². The summed E-state index contributed by atoms with van der Waals surface area (Å²) in [6.45, 7) is 12.4. The molecule has 2 aliphatic heterocycles. The molecule has 0 radical (unpaired) electrons.